The van der Waals surface area contributed by atoms with Crippen LogP contribution in [0.3, 0.4) is 0 Å². The first-order chi connectivity index (χ1) is 5.38. The number of carbonyl (C=O) groups excluding carboxylic acids is 1. The monoisotopic (exact) mass is 181 g/mol. The predicted octanol–water partition coefficient (Wildman–Crippen LogP) is 1.49. The van der Waals surface area contributed by atoms with Crippen LogP contribution in [0, 0.1) is 5.92 Å². The molecule has 0 bridgehead atoms. The predicted molar refractivity (Wildman–Crippen MR) is 38.4 cm³/mol. The van der Waals surface area contributed by atoms with Gasteiger partial charge in [0.2, 0.25) is 5.91 Å². The molecule has 1 unspecified atom stereocenters. The Morgan fingerprint density at radius 3 is 2.50 bits per heavy atom. The van der Waals surface area contributed by atoms with Gasteiger partial charge in [-0.15, -0.1) is 0 Å². The van der Waals surface area contributed by atoms with E-state index in [2.05, 4.69) is 11.9 Å². The summed E-state index contributed by atoms with van der Waals surface area (Å²) in [6.07, 6.45) is -3.32. The highest BCUT2D eigenvalue weighted by atomic mass is 19.4. The van der Waals surface area contributed by atoms with E-state index in [1.807, 2.05) is 0 Å². The summed E-state index contributed by atoms with van der Waals surface area (Å²) >= 11 is 0. The summed E-state index contributed by atoms with van der Waals surface area (Å²) in [5.41, 5.74) is 0. The molecule has 1 atom stereocenters. The van der Waals surface area contributed by atoms with E-state index in [1.165, 1.54) is 0 Å². The van der Waals surface area contributed by atoms with Gasteiger partial charge in [-0.2, -0.15) is 13.2 Å². The number of hydrogen-bond acceptors (Lipinski definition) is 1. The molecule has 0 heterocycles. The van der Waals surface area contributed by atoms with E-state index < -0.39 is 24.5 Å². The molecule has 12 heavy (non-hydrogen) atoms. The molecule has 0 aliphatic heterocycles. The van der Waals surface area contributed by atoms with Gasteiger partial charge in [0.05, 0.1) is 5.92 Å². The van der Waals surface area contributed by atoms with Gasteiger partial charge in [0.15, 0.2) is 0 Å². The lowest BCUT2D eigenvalue weighted by Crippen LogP contribution is -2.33. The molecule has 0 aliphatic rings. The Labute approximate surface area is 68.4 Å². The summed E-state index contributed by atoms with van der Waals surface area (Å²) in [5, 5.41) is 2.06. The minimum absolute atomic E-state index is 0.408. The summed E-state index contributed by atoms with van der Waals surface area (Å²) in [6.45, 7) is 3.70. The van der Waals surface area contributed by atoms with E-state index in [1.54, 1.807) is 0 Å². The van der Waals surface area contributed by atoms with Crippen LogP contribution in [0.15, 0.2) is 12.7 Å². The highest BCUT2D eigenvalue weighted by Crippen LogP contribution is 2.24. The molecule has 70 valence electrons. The first kappa shape index (κ1) is 11.0. The second kappa shape index (κ2) is 4.13. The minimum atomic E-state index is -4.26. The molecule has 2 nitrogen and oxygen atoms in total. The lowest BCUT2D eigenvalue weighted by Gasteiger charge is -2.14. The van der Waals surface area contributed by atoms with Crippen molar-refractivity contribution < 1.29 is 18.0 Å². The van der Waals surface area contributed by atoms with E-state index in [4.69, 9.17) is 0 Å². The number of carbonyl (C=O) groups is 1. The first-order valence-electron chi connectivity index (χ1n) is 3.35. The third kappa shape index (κ3) is 4.00. The second-order valence-corrected chi connectivity index (χ2v) is 2.39. The third-order valence-corrected chi connectivity index (χ3v) is 1.33. The largest absolute Gasteiger partial charge is 0.393 e. The molecule has 0 radical (unpaired) electrons. The van der Waals surface area contributed by atoms with Crippen LogP contribution >= 0.6 is 0 Å². The smallest absolute Gasteiger partial charge is 0.352 e. The molecular formula is C7H10F3NO. The van der Waals surface area contributed by atoms with Crippen molar-refractivity contribution in [3.8, 4) is 0 Å². The standard InChI is InChI=1S/C7H10F3NO/c1-3-6(12)11-4-5(2)7(8,9)10/h3,5H,1,4H2,2H3,(H,11,12). The van der Waals surface area contributed by atoms with Crippen LogP contribution in [-0.4, -0.2) is 18.6 Å². The van der Waals surface area contributed by atoms with Gasteiger partial charge in [-0.25, -0.2) is 0 Å². The quantitative estimate of drug-likeness (QED) is 0.656. The maximum atomic E-state index is 11.8. The Hall–Kier alpha value is -1.00. The van der Waals surface area contributed by atoms with Crippen LogP contribution in [0.4, 0.5) is 13.2 Å². The van der Waals surface area contributed by atoms with E-state index in [-0.39, 0.29) is 0 Å². The number of nitrogens with one attached hydrogen (secondary N) is 1. The maximum absolute atomic E-state index is 11.8. The Morgan fingerprint density at radius 1 is 1.67 bits per heavy atom. The van der Waals surface area contributed by atoms with Gasteiger partial charge < -0.3 is 5.32 Å². The van der Waals surface area contributed by atoms with Gasteiger partial charge in [0, 0.05) is 6.54 Å². The summed E-state index contributed by atoms with van der Waals surface area (Å²) < 4.78 is 35.5. The lowest BCUT2D eigenvalue weighted by atomic mass is 10.2. The van der Waals surface area contributed by atoms with Gasteiger partial charge in [-0.05, 0) is 6.08 Å². The number of amides is 1. The summed E-state index contributed by atoms with van der Waals surface area (Å²) in [6, 6.07) is 0. The van der Waals surface area contributed by atoms with E-state index in [9.17, 15) is 18.0 Å². The summed E-state index contributed by atoms with van der Waals surface area (Å²) in [7, 11) is 0. The number of rotatable bonds is 3. The Morgan fingerprint density at radius 2 is 2.17 bits per heavy atom. The van der Waals surface area contributed by atoms with Gasteiger partial charge in [0.25, 0.3) is 0 Å². The summed E-state index contributed by atoms with van der Waals surface area (Å²) in [5.74, 6) is -2.12. The first-order valence-corrected chi connectivity index (χ1v) is 3.35. The zero-order chi connectivity index (χ0) is 9.78. The maximum Gasteiger partial charge on any atom is 0.393 e. The molecule has 0 aromatic heterocycles. The second-order valence-electron chi connectivity index (χ2n) is 2.39. The third-order valence-electron chi connectivity index (χ3n) is 1.33. The van der Waals surface area contributed by atoms with Crippen molar-refractivity contribution in [1.29, 1.82) is 0 Å². The van der Waals surface area contributed by atoms with Crippen LogP contribution in [0.25, 0.3) is 0 Å². The van der Waals surface area contributed by atoms with Crippen molar-refractivity contribution >= 4 is 5.91 Å². The molecule has 0 aliphatic carbocycles. The van der Waals surface area contributed by atoms with E-state index >= 15 is 0 Å². The molecule has 0 spiro atoms. The highest BCUT2D eigenvalue weighted by Gasteiger charge is 2.35. The fourth-order valence-corrected chi connectivity index (χ4v) is 0.442. The molecule has 1 N–H and O–H groups in total. The number of alkyl halides is 3. The van der Waals surface area contributed by atoms with Gasteiger partial charge in [-0.3, -0.25) is 4.79 Å². The SMILES string of the molecule is C=CC(=O)NCC(C)C(F)(F)F. The summed E-state index contributed by atoms with van der Waals surface area (Å²) in [4.78, 5) is 10.4. The van der Waals surface area contributed by atoms with Crippen LogP contribution in [0.5, 0.6) is 0 Å². The van der Waals surface area contributed by atoms with Crippen LogP contribution in [0.1, 0.15) is 6.92 Å². The fourth-order valence-electron chi connectivity index (χ4n) is 0.442. The molecule has 0 fully saturated rings. The number of hydrogen-bond donors (Lipinski definition) is 1. The fraction of sp³-hybridized carbons (Fsp3) is 0.571. The normalized spacial score (nSPS) is 13.7. The van der Waals surface area contributed by atoms with Crippen molar-refractivity contribution in [2.75, 3.05) is 6.54 Å². The highest BCUT2D eigenvalue weighted by molar-refractivity contribution is 5.86. The van der Waals surface area contributed by atoms with E-state index in [0.29, 0.717) is 0 Å². The van der Waals surface area contributed by atoms with Crippen molar-refractivity contribution in [3.05, 3.63) is 12.7 Å². The molecule has 5 heteroatoms. The zero-order valence-corrected chi connectivity index (χ0v) is 6.61. The van der Waals surface area contributed by atoms with E-state index in [0.717, 1.165) is 13.0 Å². The molecule has 0 saturated heterocycles. The van der Waals surface area contributed by atoms with Gasteiger partial charge >= 0.3 is 6.18 Å². The number of halogens is 3. The topological polar surface area (TPSA) is 29.1 Å². The molecule has 1 amide bonds. The molecule has 0 aromatic carbocycles. The van der Waals surface area contributed by atoms with Crippen LogP contribution in [-0.2, 0) is 4.79 Å². The lowest BCUT2D eigenvalue weighted by molar-refractivity contribution is -0.168. The molecule has 0 saturated carbocycles. The average Bonchev–Trinajstić information content (AvgIpc) is 1.97. The van der Waals surface area contributed by atoms with Crippen molar-refractivity contribution in [2.24, 2.45) is 5.92 Å². The van der Waals surface area contributed by atoms with Gasteiger partial charge in [0.1, 0.15) is 0 Å². The minimum Gasteiger partial charge on any atom is -0.352 e. The van der Waals surface area contributed by atoms with Crippen molar-refractivity contribution in [2.45, 2.75) is 13.1 Å². The Balaban J connectivity index is 3.79. The van der Waals surface area contributed by atoms with Crippen molar-refractivity contribution in [3.63, 3.8) is 0 Å². The van der Waals surface area contributed by atoms with Crippen LogP contribution < -0.4 is 5.32 Å². The Bertz CT molecular complexity index is 176. The molecular weight excluding hydrogens is 171 g/mol. The van der Waals surface area contributed by atoms with Crippen molar-refractivity contribution in [1.82, 2.24) is 5.32 Å². The average molecular weight is 181 g/mol. The Kier molecular flexibility index (Phi) is 3.79. The van der Waals surface area contributed by atoms with Gasteiger partial charge in [-0.1, -0.05) is 13.5 Å². The molecule has 0 aromatic rings. The van der Waals surface area contributed by atoms with Crippen LogP contribution in [0.2, 0.25) is 0 Å². The molecule has 0 rings (SSSR count). The zero-order valence-electron chi connectivity index (χ0n) is 6.61.